The fourth-order valence-electron chi connectivity index (χ4n) is 3.37. The molecule has 1 aromatic rings. The van der Waals surface area contributed by atoms with E-state index in [1.54, 1.807) is 0 Å². The van der Waals surface area contributed by atoms with Crippen molar-refractivity contribution in [2.45, 2.75) is 12.8 Å². The third-order valence-electron chi connectivity index (χ3n) is 4.60. The van der Waals surface area contributed by atoms with Crippen molar-refractivity contribution in [3.63, 3.8) is 0 Å². The van der Waals surface area contributed by atoms with Gasteiger partial charge < -0.3 is 15.0 Å². The number of rotatable bonds is 4. The van der Waals surface area contributed by atoms with Gasteiger partial charge in [0.15, 0.2) is 0 Å². The van der Waals surface area contributed by atoms with Crippen LogP contribution in [0.5, 0.6) is 0 Å². The summed E-state index contributed by atoms with van der Waals surface area (Å²) < 4.78 is 5.31. The number of amides is 2. The highest BCUT2D eigenvalue weighted by Gasteiger charge is 2.30. The van der Waals surface area contributed by atoms with Crippen LogP contribution in [-0.4, -0.2) is 67.6 Å². The predicted molar refractivity (Wildman–Crippen MR) is 91.6 cm³/mol. The van der Waals surface area contributed by atoms with Gasteiger partial charge in [0.2, 0.25) is 11.8 Å². The molecule has 130 valence electrons. The molecule has 0 unspecified atom stereocenters. The third kappa shape index (κ3) is 4.55. The van der Waals surface area contributed by atoms with E-state index in [4.69, 9.17) is 4.74 Å². The number of hydrogen-bond donors (Lipinski definition) is 1. The SMILES string of the molecule is O=C(CN1CCC[C@H](C(=O)N2CCOCC2)C1)Nc1ccccc1. The number of ether oxygens (including phenoxy) is 1. The van der Waals surface area contributed by atoms with Crippen molar-refractivity contribution in [2.24, 2.45) is 5.92 Å². The van der Waals surface area contributed by atoms with Crippen molar-refractivity contribution in [1.82, 2.24) is 9.80 Å². The van der Waals surface area contributed by atoms with E-state index in [1.807, 2.05) is 35.2 Å². The van der Waals surface area contributed by atoms with E-state index >= 15 is 0 Å². The lowest BCUT2D eigenvalue weighted by Gasteiger charge is -2.35. The first kappa shape index (κ1) is 16.9. The number of benzene rings is 1. The van der Waals surface area contributed by atoms with Crippen LogP contribution >= 0.6 is 0 Å². The fraction of sp³-hybridized carbons (Fsp3) is 0.556. The molecule has 0 aromatic heterocycles. The second-order valence-corrected chi connectivity index (χ2v) is 6.43. The zero-order chi connectivity index (χ0) is 16.8. The van der Waals surface area contributed by atoms with Crippen LogP contribution in [0.2, 0.25) is 0 Å². The molecule has 0 aliphatic carbocycles. The van der Waals surface area contributed by atoms with Gasteiger partial charge in [-0.2, -0.15) is 0 Å². The maximum Gasteiger partial charge on any atom is 0.238 e. The van der Waals surface area contributed by atoms with Crippen LogP contribution in [0.15, 0.2) is 30.3 Å². The van der Waals surface area contributed by atoms with Crippen LogP contribution in [-0.2, 0) is 14.3 Å². The second-order valence-electron chi connectivity index (χ2n) is 6.43. The van der Waals surface area contributed by atoms with Crippen molar-refractivity contribution >= 4 is 17.5 Å². The average Bonchev–Trinajstić information content (AvgIpc) is 2.63. The number of anilines is 1. The van der Waals surface area contributed by atoms with Gasteiger partial charge >= 0.3 is 0 Å². The number of piperidine rings is 1. The Hall–Kier alpha value is -1.92. The van der Waals surface area contributed by atoms with Crippen molar-refractivity contribution in [3.8, 4) is 0 Å². The Morgan fingerprint density at radius 2 is 1.88 bits per heavy atom. The van der Waals surface area contributed by atoms with Gasteiger partial charge in [0.05, 0.1) is 25.7 Å². The molecule has 0 spiro atoms. The normalized spacial score (nSPS) is 22.2. The summed E-state index contributed by atoms with van der Waals surface area (Å²) in [4.78, 5) is 28.8. The van der Waals surface area contributed by atoms with Gasteiger partial charge in [-0.05, 0) is 31.5 Å². The summed E-state index contributed by atoms with van der Waals surface area (Å²) in [5, 5.41) is 2.90. The van der Waals surface area contributed by atoms with Crippen molar-refractivity contribution in [1.29, 1.82) is 0 Å². The van der Waals surface area contributed by atoms with Crippen LogP contribution in [0.1, 0.15) is 12.8 Å². The van der Waals surface area contributed by atoms with Gasteiger partial charge in [-0.25, -0.2) is 0 Å². The first-order valence-electron chi connectivity index (χ1n) is 8.66. The van der Waals surface area contributed by atoms with Crippen LogP contribution in [0.4, 0.5) is 5.69 Å². The fourth-order valence-corrected chi connectivity index (χ4v) is 3.37. The topological polar surface area (TPSA) is 61.9 Å². The summed E-state index contributed by atoms with van der Waals surface area (Å²) in [5.74, 6) is 0.188. The maximum absolute atomic E-state index is 12.6. The molecule has 0 saturated carbocycles. The summed E-state index contributed by atoms with van der Waals surface area (Å²) >= 11 is 0. The molecule has 6 heteroatoms. The lowest BCUT2D eigenvalue weighted by Crippen LogP contribution is -2.49. The van der Waals surface area contributed by atoms with Gasteiger partial charge in [-0.15, -0.1) is 0 Å². The molecule has 2 saturated heterocycles. The van der Waals surface area contributed by atoms with Gasteiger partial charge in [-0.3, -0.25) is 14.5 Å². The van der Waals surface area contributed by atoms with E-state index in [0.717, 1.165) is 25.1 Å². The molecule has 2 aliphatic heterocycles. The summed E-state index contributed by atoms with van der Waals surface area (Å²) in [6.07, 6.45) is 1.87. The molecule has 3 rings (SSSR count). The Bertz CT molecular complexity index is 558. The van der Waals surface area contributed by atoms with E-state index in [2.05, 4.69) is 10.2 Å². The van der Waals surface area contributed by atoms with Crippen LogP contribution in [0.25, 0.3) is 0 Å². The Balaban J connectivity index is 1.49. The molecule has 6 nitrogen and oxygen atoms in total. The summed E-state index contributed by atoms with van der Waals surface area (Å²) in [6, 6.07) is 9.46. The first-order chi connectivity index (χ1) is 11.7. The molecule has 2 aliphatic rings. The Morgan fingerprint density at radius 1 is 1.12 bits per heavy atom. The quantitative estimate of drug-likeness (QED) is 0.900. The number of nitrogens with one attached hydrogen (secondary N) is 1. The number of carbonyl (C=O) groups is 2. The molecule has 0 bridgehead atoms. The zero-order valence-corrected chi connectivity index (χ0v) is 13.9. The molecular formula is C18H25N3O3. The zero-order valence-electron chi connectivity index (χ0n) is 13.9. The predicted octanol–water partition coefficient (Wildman–Crippen LogP) is 1.20. The summed E-state index contributed by atoms with van der Waals surface area (Å²) in [5.41, 5.74) is 0.806. The highest BCUT2D eigenvalue weighted by molar-refractivity contribution is 5.92. The number of morpholine rings is 1. The highest BCUT2D eigenvalue weighted by Crippen LogP contribution is 2.19. The molecule has 1 aromatic carbocycles. The molecule has 24 heavy (non-hydrogen) atoms. The largest absolute Gasteiger partial charge is 0.378 e. The van der Waals surface area contributed by atoms with E-state index in [1.165, 1.54) is 0 Å². The molecular weight excluding hydrogens is 306 g/mol. The summed E-state index contributed by atoms with van der Waals surface area (Å²) in [7, 11) is 0. The molecule has 2 fully saturated rings. The monoisotopic (exact) mass is 331 g/mol. The molecule has 2 heterocycles. The Morgan fingerprint density at radius 3 is 2.62 bits per heavy atom. The first-order valence-corrected chi connectivity index (χ1v) is 8.66. The highest BCUT2D eigenvalue weighted by atomic mass is 16.5. The van der Waals surface area contributed by atoms with E-state index < -0.39 is 0 Å². The summed E-state index contributed by atoms with van der Waals surface area (Å²) in [6.45, 7) is 4.49. The van der Waals surface area contributed by atoms with E-state index in [0.29, 0.717) is 39.4 Å². The number of likely N-dealkylation sites (tertiary alicyclic amines) is 1. The van der Waals surface area contributed by atoms with E-state index in [-0.39, 0.29) is 17.7 Å². The second kappa shape index (κ2) is 8.26. The van der Waals surface area contributed by atoms with Gasteiger partial charge in [-0.1, -0.05) is 18.2 Å². The minimum atomic E-state index is -0.0272. The Kier molecular flexibility index (Phi) is 5.82. The molecule has 0 radical (unpaired) electrons. The van der Waals surface area contributed by atoms with Crippen molar-refractivity contribution in [3.05, 3.63) is 30.3 Å². The van der Waals surface area contributed by atoms with E-state index in [9.17, 15) is 9.59 Å². The number of hydrogen-bond acceptors (Lipinski definition) is 4. The molecule has 2 amide bonds. The molecule has 1 N–H and O–H groups in total. The average molecular weight is 331 g/mol. The smallest absolute Gasteiger partial charge is 0.238 e. The minimum Gasteiger partial charge on any atom is -0.378 e. The van der Waals surface area contributed by atoms with Gasteiger partial charge in [0.1, 0.15) is 0 Å². The third-order valence-corrected chi connectivity index (χ3v) is 4.60. The Labute approximate surface area is 142 Å². The standard InChI is InChI=1S/C18H25N3O3/c22-17(19-16-6-2-1-3-7-16)14-20-8-4-5-15(13-20)18(23)21-9-11-24-12-10-21/h1-3,6-7,15H,4-5,8-14H2,(H,19,22)/t15-/m0/s1. The van der Waals surface area contributed by atoms with Gasteiger partial charge in [0, 0.05) is 25.3 Å². The van der Waals surface area contributed by atoms with Crippen molar-refractivity contribution in [2.75, 3.05) is 51.3 Å². The van der Waals surface area contributed by atoms with Gasteiger partial charge in [0.25, 0.3) is 0 Å². The number of para-hydroxylation sites is 1. The van der Waals surface area contributed by atoms with Crippen LogP contribution < -0.4 is 5.32 Å². The lowest BCUT2D eigenvalue weighted by molar-refractivity contribution is -0.141. The minimum absolute atomic E-state index is 0.00127. The maximum atomic E-state index is 12.6. The number of nitrogens with zero attached hydrogens (tertiary/aromatic N) is 2. The van der Waals surface area contributed by atoms with Crippen LogP contribution in [0, 0.1) is 5.92 Å². The lowest BCUT2D eigenvalue weighted by atomic mass is 9.96. The number of carbonyl (C=O) groups excluding carboxylic acids is 2. The molecule has 1 atom stereocenters. The van der Waals surface area contributed by atoms with Crippen LogP contribution in [0.3, 0.4) is 0 Å². The van der Waals surface area contributed by atoms with Crippen molar-refractivity contribution < 1.29 is 14.3 Å².